The van der Waals surface area contributed by atoms with E-state index in [0.29, 0.717) is 11.6 Å². The standard InChI is InChI=1S/C13H19N3O2/c1-9-5-3-4-6-10(9)14-13(18)11-7-8-12(17)16(2)15-11/h7-10H,3-6H2,1-2H3,(H,14,18). The van der Waals surface area contributed by atoms with Gasteiger partial charge in [-0.05, 0) is 24.8 Å². The molecule has 1 aromatic heterocycles. The average Bonchev–Trinajstić information content (AvgIpc) is 2.35. The lowest BCUT2D eigenvalue weighted by molar-refractivity contribution is 0.0903. The number of aryl methyl sites for hydroxylation is 1. The Labute approximate surface area is 106 Å². The van der Waals surface area contributed by atoms with Crippen molar-refractivity contribution in [1.82, 2.24) is 15.1 Å². The number of nitrogens with zero attached hydrogens (tertiary/aromatic N) is 2. The maximum absolute atomic E-state index is 12.0. The number of hydrogen-bond acceptors (Lipinski definition) is 3. The van der Waals surface area contributed by atoms with Crippen LogP contribution in [0.2, 0.25) is 0 Å². The Morgan fingerprint density at radius 2 is 2.11 bits per heavy atom. The second kappa shape index (κ2) is 5.33. The highest BCUT2D eigenvalue weighted by molar-refractivity contribution is 5.92. The van der Waals surface area contributed by atoms with E-state index in [4.69, 9.17) is 0 Å². The van der Waals surface area contributed by atoms with E-state index in [1.165, 1.54) is 23.2 Å². The van der Waals surface area contributed by atoms with Crippen molar-refractivity contribution in [2.24, 2.45) is 13.0 Å². The van der Waals surface area contributed by atoms with Gasteiger partial charge in [0, 0.05) is 19.2 Å². The van der Waals surface area contributed by atoms with E-state index in [2.05, 4.69) is 17.3 Å². The van der Waals surface area contributed by atoms with Crippen molar-refractivity contribution < 1.29 is 4.79 Å². The monoisotopic (exact) mass is 249 g/mol. The van der Waals surface area contributed by atoms with Gasteiger partial charge < -0.3 is 5.32 Å². The molecule has 1 saturated carbocycles. The topological polar surface area (TPSA) is 64.0 Å². The number of amides is 1. The van der Waals surface area contributed by atoms with E-state index >= 15 is 0 Å². The van der Waals surface area contributed by atoms with Crippen molar-refractivity contribution in [2.45, 2.75) is 38.6 Å². The molecule has 2 atom stereocenters. The molecule has 98 valence electrons. The van der Waals surface area contributed by atoms with E-state index in [9.17, 15) is 9.59 Å². The summed E-state index contributed by atoms with van der Waals surface area (Å²) in [6, 6.07) is 3.07. The third kappa shape index (κ3) is 2.78. The Morgan fingerprint density at radius 1 is 1.39 bits per heavy atom. The van der Waals surface area contributed by atoms with Crippen LogP contribution in [0.5, 0.6) is 0 Å². The van der Waals surface area contributed by atoms with Crippen LogP contribution in [0.25, 0.3) is 0 Å². The van der Waals surface area contributed by atoms with Crippen molar-refractivity contribution in [1.29, 1.82) is 0 Å². The number of nitrogens with one attached hydrogen (secondary N) is 1. The van der Waals surface area contributed by atoms with Crippen LogP contribution >= 0.6 is 0 Å². The van der Waals surface area contributed by atoms with Gasteiger partial charge in [0.25, 0.3) is 11.5 Å². The zero-order valence-electron chi connectivity index (χ0n) is 10.8. The molecule has 2 unspecified atom stereocenters. The molecule has 1 aliphatic carbocycles. The van der Waals surface area contributed by atoms with Crippen molar-refractivity contribution in [2.75, 3.05) is 0 Å². The molecule has 1 heterocycles. The van der Waals surface area contributed by atoms with E-state index in [1.807, 2.05) is 0 Å². The molecule has 5 heteroatoms. The van der Waals surface area contributed by atoms with Gasteiger partial charge in [-0.25, -0.2) is 4.68 Å². The largest absolute Gasteiger partial charge is 0.348 e. The van der Waals surface area contributed by atoms with Crippen LogP contribution in [0.15, 0.2) is 16.9 Å². The van der Waals surface area contributed by atoms with Crippen LogP contribution in [-0.2, 0) is 7.05 Å². The van der Waals surface area contributed by atoms with E-state index < -0.39 is 0 Å². The van der Waals surface area contributed by atoms with Crippen molar-refractivity contribution in [3.8, 4) is 0 Å². The number of carbonyl (C=O) groups excluding carboxylic acids is 1. The van der Waals surface area contributed by atoms with Crippen molar-refractivity contribution >= 4 is 5.91 Å². The molecule has 0 bridgehead atoms. The van der Waals surface area contributed by atoms with Gasteiger partial charge in [-0.15, -0.1) is 0 Å². The summed E-state index contributed by atoms with van der Waals surface area (Å²) in [5.74, 6) is 0.319. The van der Waals surface area contributed by atoms with Crippen molar-refractivity contribution in [3.63, 3.8) is 0 Å². The molecule has 2 rings (SSSR count). The summed E-state index contributed by atoms with van der Waals surface area (Å²) in [6.07, 6.45) is 4.59. The van der Waals surface area contributed by atoms with Gasteiger partial charge in [0.2, 0.25) is 0 Å². The third-order valence-corrected chi connectivity index (χ3v) is 3.62. The number of hydrogen-bond donors (Lipinski definition) is 1. The quantitative estimate of drug-likeness (QED) is 0.853. The Balaban J connectivity index is 2.07. The van der Waals surface area contributed by atoms with Crippen LogP contribution < -0.4 is 10.9 Å². The molecule has 1 aromatic rings. The highest BCUT2D eigenvalue weighted by atomic mass is 16.2. The molecule has 0 aromatic carbocycles. The Kier molecular flexibility index (Phi) is 3.79. The first-order valence-electron chi connectivity index (χ1n) is 6.43. The zero-order valence-corrected chi connectivity index (χ0v) is 10.8. The molecule has 5 nitrogen and oxygen atoms in total. The minimum atomic E-state index is -0.211. The lowest BCUT2D eigenvalue weighted by Gasteiger charge is -2.29. The molecular formula is C13H19N3O2. The molecule has 0 radical (unpaired) electrons. The van der Waals surface area contributed by atoms with Crippen LogP contribution in [0, 0.1) is 5.92 Å². The summed E-state index contributed by atoms with van der Waals surface area (Å²) in [6.45, 7) is 2.16. The molecule has 1 amide bonds. The Bertz CT molecular complexity index is 495. The van der Waals surface area contributed by atoms with Crippen LogP contribution in [0.4, 0.5) is 0 Å². The van der Waals surface area contributed by atoms with Gasteiger partial charge >= 0.3 is 0 Å². The second-order valence-electron chi connectivity index (χ2n) is 5.02. The van der Waals surface area contributed by atoms with E-state index in [0.717, 1.165) is 19.3 Å². The molecule has 0 aliphatic heterocycles. The van der Waals surface area contributed by atoms with Gasteiger partial charge in [-0.1, -0.05) is 19.8 Å². The summed E-state index contributed by atoms with van der Waals surface area (Å²) in [5, 5.41) is 6.97. The fraction of sp³-hybridized carbons (Fsp3) is 0.615. The number of rotatable bonds is 2. The summed E-state index contributed by atoms with van der Waals surface area (Å²) >= 11 is 0. The van der Waals surface area contributed by atoms with Gasteiger partial charge in [0.05, 0.1) is 0 Å². The third-order valence-electron chi connectivity index (χ3n) is 3.62. The van der Waals surface area contributed by atoms with Crippen LogP contribution in [0.1, 0.15) is 43.1 Å². The van der Waals surface area contributed by atoms with Gasteiger partial charge in [0.1, 0.15) is 5.69 Å². The summed E-state index contributed by atoms with van der Waals surface area (Å²) < 4.78 is 1.18. The molecule has 18 heavy (non-hydrogen) atoms. The maximum Gasteiger partial charge on any atom is 0.271 e. The number of carbonyl (C=O) groups is 1. The first kappa shape index (κ1) is 12.8. The molecule has 1 fully saturated rings. The summed E-state index contributed by atoms with van der Waals surface area (Å²) in [7, 11) is 1.54. The normalized spacial score (nSPS) is 23.7. The van der Waals surface area contributed by atoms with Gasteiger partial charge in [-0.3, -0.25) is 9.59 Å². The molecular weight excluding hydrogens is 230 g/mol. The van der Waals surface area contributed by atoms with E-state index in [1.54, 1.807) is 7.05 Å². The number of aromatic nitrogens is 2. The second-order valence-corrected chi connectivity index (χ2v) is 5.02. The fourth-order valence-electron chi connectivity index (χ4n) is 2.40. The summed E-state index contributed by atoms with van der Waals surface area (Å²) in [4.78, 5) is 23.2. The predicted molar refractivity (Wildman–Crippen MR) is 68.4 cm³/mol. The first-order chi connectivity index (χ1) is 8.58. The lowest BCUT2D eigenvalue weighted by Crippen LogP contribution is -2.41. The maximum atomic E-state index is 12.0. The SMILES string of the molecule is CC1CCCCC1NC(=O)c1ccc(=O)n(C)n1. The predicted octanol–water partition coefficient (Wildman–Crippen LogP) is 1.09. The zero-order chi connectivity index (χ0) is 13.1. The Morgan fingerprint density at radius 3 is 2.78 bits per heavy atom. The van der Waals surface area contributed by atoms with Crippen molar-refractivity contribution in [3.05, 3.63) is 28.2 Å². The minimum absolute atomic E-state index is 0.190. The molecule has 0 spiro atoms. The highest BCUT2D eigenvalue weighted by Gasteiger charge is 2.23. The lowest BCUT2D eigenvalue weighted by atomic mass is 9.86. The Hall–Kier alpha value is -1.65. The fourth-order valence-corrected chi connectivity index (χ4v) is 2.40. The molecule has 1 aliphatic rings. The average molecular weight is 249 g/mol. The summed E-state index contributed by atoms with van der Waals surface area (Å²) in [5.41, 5.74) is 0.0902. The minimum Gasteiger partial charge on any atom is -0.348 e. The smallest absolute Gasteiger partial charge is 0.271 e. The van der Waals surface area contributed by atoms with Gasteiger partial charge in [-0.2, -0.15) is 5.10 Å². The molecule has 0 saturated heterocycles. The first-order valence-corrected chi connectivity index (χ1v) is 6.43. The van der Waals surface area contributed by atoms with Crippen LogP contribution in [-0.4, -0.2) is 21.7 Å². The van der Waals surface area contributed by atoms with E-state index in [-0.39, 0.29) is 17.5 Å². The van der Waals surface area contributed by atoms with Crippen LogP contribution in [0.3, 0.4) is 0 Å². The molecule has 1 N–H and O–H groups in total. The van der Waals surface area contributed by atoms with Gasteiger partial charge in [0.15, 0.2) is 0 Å². The highest BCUT2D eigenvalue weighted by Crippen LogP contribution is 2.23.